The third kappa shape index (κ3) is 2.89. The van der Waals surface area contributed by atoms with Crippen LogP contribution in [0.4, 0.5) is 5.95 Å². The highest BCUT2D eigenvalue weighted by molar-refractivity contribution is 6.06. The van der Waals surface area contributed by atoms with E-state index in [9.17, 15) is 9.59 Å². The summed E-state index contributed by atoms with van der Waals surface area (Å²) in [6.07, 6.45) is 11.2. The second-order valence-corrected chi connectivity index (χ2v) is 9.57. The molecule has 2 aliphatic heterocycles. The number of rotatable bonds is 6. The second kappa shape index (κ2) is 7.15. The number of aromatic nitrogens is 2. The van der Waals surface area contributed by atoms with Crippen LogP contribution in [0.5, 0.6) is 0 Å². The van der Waals surface area contributed by atoms with Crippen molar-refractivity contribution in [2.45, 2.75) is 19.3 Å². The van der Waals surface area contributed by atoms with E-state index < -0.39 is 0 Å². The fraction of sp³-hybridized carbons (Fsp3) is 0.652. The van der Waals surface area contributed by atoms with Crippen LogP contribution in [0.1, 0.15) is 19.3 Å². The van der Waals surface area contributed by atoms with Gasteiger partial charge in [0.1, 0.15) is 0 Å². The molecule has 1 aromatic heterocycles. The van der Waals surface area contributed by atoms with Gasteiger partial charge < -0.3 is 4.90 Å². The fourth-order valence-corrected chi connectivity index (χ4v) is 6.47. The molecule has 0 N–H and O–H groups in total. The Morgan fingerprint density at radius 2 is 1.43 bits per heavy atom. The first-order chi connectivity index (χ1) is 14.7. The molecule has 7 heteroatoms. The van der Waals surface area contributed by atoms with Gasteiger partial charge in [-0.3, -0.25) is 19.4 Å². The van der Waals surface area contributed by atoms with Gasteiger partial charge in [0, 0.05) is 45.1 Å². The number of amides is 2. The first-order valence-electron chi connectivity index (χ1n) is 11.5. The Bertz CT molecular complexity index is 830. The molecule has 6 aliphatic rings. The number of anilines is 1. The number of unbranched alkanes of at least 4 members (excludes halogenated alkanes) is 1. The molecule has 30 heavy (non-hydrogen) atoms. The molecule has 7 nitrogen and oxygen atoms in total. The molecular formula is C23H29N5O2. The summed E-state index contributed by atoms with van der Waals surface area (Å²) < 4.78 is 0. The van der Waals surface area contributed by atoms with E-state index in [1.165, 1.54) is 6.42 Å². The minimum atomic E-state index is -0.0514. The number of carbonyl (C=O) groups is 2. The average molecular weight is 408 g/mol. The second-order valence-electron chi connectivity index (χ2n) is 9.57. The molecule has 7 rings (SSSR count). The maximum absolute atomic E-state index is 13.0. The lowest BCUT2D eigenvalue weighted by atomic mass is 9.63. The molecule has 2 bridgehead atoms. The lowest BCUT2D eigenvalue weighted by Gasteiger charge is -2.37. The lowest BCUT2D eigenvalue weighted by Crippen LogP contribution is -2.47. The van der Waals surface area contributed by atoms with Gasteiger partial charge in [-0.15, -0.1) is 0 Å². The van der Waals surface area contributed by atoms with Crippen LogP contribution in [-0.2, 0) is 9.59 Å². The molecular weight excluding hydrogens is 378 g/mol. The van der Waals surface area contributed by atoms with E-state index in [0.29, 0.717) is 30.2 Å². The Kier molecular flexibility index (Phi) is 4.41. The molecule has 2 saturated heterocycles. The molecule has 0 spiro atoms. The van der Waals surface area contributed by atoms with Crippen molar-refractivity contribution < 1.29 is 9.59 Å². The van der Waals surface area contributed by atoms with E-state index in [2.05, 4.69) is 31.9 Å². The summed E-state index contributed by atoms with van der Waals surface area (Å²) in [5, 5.41) is 0. The van der Waals surface area contributed by atoms with E-state index in [1.54, 1.807) is 17.3 Å². The van der Waals surface area contributed by atoms with Gasteiger partial charge in [-0.1, -0.05) is 12.2 Å². The number of nitrogens with zero attached hydrogens (tertiary/aromatic N) is 5. The van der Waals surface area contributed by atoms with Crippen LogP contribution >= 0.6 is 0 Å². The van der Waals surface area contributed by atoms with Crippen LogP contribution < -0.4 is 4.90 Å². The lowest BCUT2D eigenvalue weighted by molar-refractivity contribution is -0.140. The van der Waals surface area contributed by atoms with Gasteiger partial charge in [0.05, 0.1) is 11.8 Å². The van der Waals surface area contributed by atoms with Crippen molar-refractivity contribution in [1.29, 1.82) is 0 Å². The average Bonchev–Trinajstić information content (AvgIpc) is 3.57. The zero-order valence-electron chi connectivity index (χ0n) is 17.3. The highest BCUT2D eigenvalue weighted by Gasteiger charge is 2.66. The maximum Gasteiger partial charge on any atom is 0.233 e. The van der Waals surface area contributed by atoms with Crippen LogP contribution in [0.15, 0.2) is 30.6 Å². The topological polar surface area (TPSA) is 69.6 Å². The van der Waals surface area contributed by atoms with E-state index in [4.69, 9.17) is 0 Å². The van der Waals surface area contributed by atoms with Gasteiger partial charge >= 0.3 is 0 Å². The Labute approximate surface area is 177 Å². The van der Waals surface area contributed by atoms with Gasteiger partial charge in [-0.05, 0) is 55.5 Å². The van der Waals surface area contributed by atoms with Crippen molar-refractivity contribution >= 4 is 17.8 Å². The Balaban J connectivity index is 0.974. The number of carbonyl (C=O) groups excluding carboxylic acids is 2. The molecule has 0 aromatic carbocycles. The van der Waals surface area contributed by atoms with Gasteiger partial charge in [0.15, 0.2) is 0 Å². The van der Waals surface area contributed by atoms with Gasteiger partial charge in [-0.2, -0.15) is 0 Å². The summed E-state index contributed by atoms with van der Waals surface area (Å²) in [6, 6.07) is 1.84. The summed E-state index contributed by atoms with van der Waals surface area (Å²) >= 11 is 0. The highest BCUT2D eigenvalue weighted by Crippen LogP contribution is 2.65. The van der Waals surface area contributed by atoms with E-state index in [0.717, 1.165) is 51.5 Å². The monoisotopic (exact) mass is 407 g/mol. The highest BCUT2D eigenvalue weighted by atomic mass is 16.2. The van der Waals surface area contributed by atoms with E-state index >= 15 is 0 Å². The normalized spacial score (nSPS) is 36.9. The minimum absolute atomic E-state index is 0.0514. The predicted molar refractivity (Wildman–Crippen MR) is 111 cm³/mol. The molecule has 6 atom stereocenters. The largest absolute Gasteiger partial charge is 0.338 e. The fourth-order valence-electron chi connectivity index (χ4n) is 6.47. The van der Waals surface area contributed by atoms with Crippen LogP contribution in [0.3, 0.4) is 0 Å². The number of likely N-dealkylation sites (tertiary alicyclic amines) is 1. The van der Waals surface area contributed by atoms with Crippen molar-refractivity contribution in [1.82, 2.24) is 19.8 Å². The van der Waals surface area contributed by atoms with Crippen LogP contribution in [0.2, 0.25) is 0 Å². The van der Waals surface area contributed by atoms with E-state index in [-0.39, 0.29) is 23.7 Å². The molecule has 4 unspecified atom stereocenters. The molecule has 2 saturated carbocycles. The summed E-state index contributed by atoms with van der Waals surface area (Å²) in [6.45, 7) is 5.49. The van der Waals surface area contributed by atoms with Gasteiger partial charge in [0.2, 0.25) is 17.8 Å². The Morgan fingerprint density at radius 3 is 2.07 bits per heavy atom. The van der Waals surface area contributed by atoms with Crippen LogP contribution in [-0.4, -0.2) is 70.9 Å². The standard InChI is InChI=1S/C23H29N5O2/c29-21-19-15-4-5-16(18-14-17(15)18)20(19)22(30)28(21)9-2-1-8-26-10-12-27(13-11-26)23-24-6-3-7-25-23/h3-7,15-20H,1-2,8-14H2/t15?,16?,17-,18+,19?,20?. The van der Waals surface area contributed by atoms with Gasteiger partial charge in [0.25, 0.3) is 0 Å². The third-order valence-corrected chi connectivity index (χ3v) is 8.07. The van der Waals surface area contributed by atoms with Gasteiger partial charge in [-0.25, -0.2) is 9.97 Å². The molecule has 0 radical (unpaired) electrons. The number of allylic oxidation sites excluding steroid dienone is 2. The molecule has 1 aromatic rings. The van der Waals surface area contributed by atoms with Crippen LogP contribution in [0, 0.1) is 35.5 Å². The van der Waals surface area contributed by atoms with Crippen LogP contribution in [0.25, 0.3) is 0 Å². The number of hydrogen-bond acceptors (Lipinski definition) is 6. The molecule has 4 aliphatic carbocycles. The quantitative estimate of drug-likeness (QED) is 0.404. The minimum Gasteiger partial charge on any atom is -0.338 e. The Hall–Kier alpha value is -2.28. The summed E-state index contributed by atoms with van der Waals surface area (Å²) in [7, 11) is 0. The smallest absolute Gasteiger partial charge is 0.233 e. The summed E-state index contributed by atoms with van der Waals surface area (Å²) in [4.78, 5) is 41.0. The predicted octanol–water partition coefficient (Wildman–Crippen LogP) is 1.43. The number of imide groups is 1. The molecule has 3 heterocycles. The molecule has 2 amide bonds. The molecule has 158 valence electrons. The zero-order chi connectivity index (χ0) is 20.2. The number of piperazine rings is 1. The zero-order valence-corrected chi connectivity index (χ0v) is 17.3. The first kappa shape index (κ1) is 18.5. The third-order valence-electron chi connectivity index (χ3n) is 8.07. The van der Waals surface area contributed by atoms with Crippen molar-refractivity contribution in [2.75, 3.05) is 44.2 Å². The summed E-state index contributed by atoms with van der Waals surface area (Å²) in [5.41, 5.74) is 0. The van der Waals surface area contributed by atoms with Crippen molar-refractivity contribution in [3.63, 3.8) is 0 Å². The SMILES string of the molecule is O=C1C2C(C(=O)N1CCCCN1CCN(c3ncccn3)CC1)C1C=CC2[C@H]2C[C@@H]12. The van der Waals surface area contributed by atoms with Crippen molar-refractivity contribution in [3.8, 4) is 0 Å². The summed E-state index contributed by atoms with van der Waals surface area (Å²) in [5.74, 6) is 2.96. The first-order valence-corrected chi connectivity index (χ1v) is 11.5. The maximum atomic E-state index is 13.0. The number of hydrogen-bond donors (Lipinski definition) is 0. The van der Waals surface area contributed by atoms with Crippen molar-refractivity contribution in [2.24, 2.45) is 35.5 Å². The Morgan fingerprint density at radius 1 is 0.833 bits per heavy atom. The van der Waals surface area contributed by atoms with E-state index in [1.807, 2.05) is 6.07 Å². The van der Waals surface area contributed by atoms with Crippen molar-refractivity contribution in [3.05, 3.63) is 30.6 Å². The molecule has 4 fully saturated rings.